The normalized spacial score (nSPS) is 16.3. The highest BCUT2D eigenvalue weighted by atomic mass is 35.5. The lowest BCUT2D eigenvalue weighted by Crippen LogP contribution is -2.19. The number of nitro benzene ring substituents is 1. The van der Waals surface area contributed by atoms with Crippen LogP contribution in [0.4, 0.5) is 11.4 Å². The van der Waals surface area contributed by atoms with E-state index in [0.717, 1.165) is 18.8 Å². The lowest BCUT2D eigenvalue weighted by atomic mass is 10.1. The Hall–Kier alpha value is -1.29. The minimum absolute atomic E-state index is 0.0525. The molecule has 1 atom stereocenters. The first-order valence-corrected chi connectivity index (χ1v) is 6.68. The molecule has 4 nitrogen and oxygen atoms in total. The molecule has 18 heavy (non-hydrogen) atoms. The van der Waals surface area contributed by atoms with E-state index in [1.165, 1.54) is 18.9 Å². The van der Waals surface area contributed by atoms with Crippen LogP contribution in [0.3, 0.4) is 0 Å². The zero-order valence-electron chi connectivity index (χ0n) is 10.4. The van der Waals surface area contributed by atoms with Crippen LogP contribution in [-0.4, -0.2) is 11.0 Å². The Morgan fingerprint density at radius 2 is 2.28 bits per heavy atom. The number of anilines is 1. The fraction of sp³-hybridized carbons (Fsp3) is 0.538. The molecule has 5 heteroatoms. The van der Waals surface area contributed by atoms with Crippen LogP contribution < -0.4 is 5.32 Å². The Balaban J connectivity index is 2.13. The van der Waals surface area contributed by atoms with Gasteiger partial charge in [-0.15, -0.1) is 0 Å². The van der Waals surface area contributed by atoms with Crippen molar-refractivity contribution in [3.05, 3.63) is 33.3 Å². The molecule has 0 saturated heterocycles. The highest BCUT2D eigenvalue weighted by Gasteiger charge is 2.26. The lowest BCUT2D eigenvalue weighted by molar-refractivity contribution is -0.384. The maximum Gasteiger partial charge on any atom is 0.293 e. The van der Waals surface area contributed by atoms with Gasteiger partial charge in [0, 0.05) is 17.1 Å². The summed E-state index contributed by atoms with van der Waals surface area (Å²) in [6, 6.07) is 5.07. The average molecular weight is 269 g/mol. The monoisotopic (exact) mass is 268 g/mol. The minimum Gasteiger partial charge on any atom is -0.377 e. The molecule has 0 spiro atoms. The second kappa shape index (κ2) is 5.57. The van der Waals surface area contributed by atoms with E-state index < -0.39 is 4.92 Å². The van der Waals surface area contributed by atoms with Crippen LogP contribution in [0, 0.1) is 16.0 Å². The second-order valence-corrected chi connectivity index (χ2v) is 5.28. The van der Waals surface area contributed by atoms with E-state index in [9.17, 15) is 10.1 Å². The van der Waals surface area contributed by atoms with Crippen LogP contribution in [0.25, 0.3) is 0 Å². The standard InChI is InChI=1S/C13H17ClN2O2/c1-2-11(7-9-3-4-9)15-12-6-5-10(14)8-13(12)16(17)18/h5-6,8-9,11,15H,2-4,7H2,1H3. The van der Waals surface area contributed by atoms with Crippen LogP contribution in [0.2, 0.25) is 5.02 Å². The summed E-state index contributed by atoms with van der Waals surface area (Å²) in [5.74, 6) is 0.800. The van der Waals surface area contributed by atoms with Crippen LogP contribution >= 0.6 is 11.6 Å². The molecule has 0 bridgehead atoms. The summed E-state index contributed by atoms with van der Waals surface area (Å²) in [7, 11) is 0. The number of nitrogens with zero attached hydrogens (tertiary/aromatic N) is 1. The van der Waals surface area contributed by atoms with Crippen molar-refractivity contribution < 1.29 is 4.92 Å². The van der Waals surface area contributed by atoms with Gasteiger partial charge < -0.3 is 5.32 Å². The molecule has 1 unspecified atom stereocenters. The van der Waals surface area contributed by atoms with Crippen molar-refractivity contribution >= 4 is 23.0 Å². The van der Waals surface area contributed by atoms with E-state index in [2.05, 4.69) is 12.2 Å². The maximum absolute atomic E-state index is 11.0. The molecular formula is C13H17ClN2O2. The van der Waals surface area contributed by atoms with Crippen molar-refractivity contribution in [2.24, 2.45) is 5.92 Å². The molecule has 1 saturated carbocycles. The van der Waals surface area contributed by atoms with Crippen molar-refractivity contribution in [3.8, 4) is 0 Å². The fourth-order valence-corrected chi connectivity index (χ4v) is 2.25. The molecule has 1 fully saturated rings. The number of nitro groups is 1. The Morgan fingerprint density at radius 1 is 1.56 bits per heavy atom. The molecule has 1 N–H and O–H groups in total. The summed E-state index contributed by atoms with van der Waals surface area (Å²) in [4.78, 5) is 10.6. The first-order chi connectivity index (χ1) is 8.60. The maximum atomic E-state index is 11.0. The van der Waals surface area contributed by atoms with Gasteiger partial charge in [0.1, 0.15) is 5.69 Å². The molecule has 1 aromatic rings. The SMILES string of the molecule is CCC(CC1CC1)Nc1ccc(Cl)cc1[N+](=O)[O-]. The quantitative estimate of drug-likeness (QED) is 0.620. The molecule has 0 heterocycles. The summed E-state index contributed by atoms with van der Waals surface area (Å²) in [5, 5.41) is 14.7. The van der Waals surface area contributed by atoms with Gasteiger partial charge in [0.25, 0.3) is 5.69 Å². The number of benzene rings is 1. The average Bonchev–Trinajstić information content (AvgIpc) is 3.14. The lowest BCUT2D eigenvalue weighted by Gasteiger charge is -2.18. The first kappa shape index (κ1) is 13.1. The van der Waals surface area contributed by atoms with Crippen LogP contribution in [0.15, 0.2) is 18.2 Å². The second-order valence-electron chi connectivity index (χ2n) is 4.85. The number of rotatable bonds is 6. The molecular weight excluding hydrogens is 252 g/mol. The van der Waals surface area contributed by atoms with Gasteiger partial charge >= 0.3 is 0 Å². The van der Waals surface area contributed by atoms with E-state index in [1.807, 2.05) is 0 Å². The third kappa shape index (κ3) is 3.35. The predicted octanol–water partition coefficient (Wildman–Crippen LogP) is 4.24. The number of hydrogen-bond acceptors (Lipinski definition) is 3. The van der Waals surface area contributed by atoms with Crippen molar-refractivity contribution in [1.82, 2.24) is 0 Å². The molecule has 98 valence electrons. The van der Waals surface area contributed by atoms with Gasteiger partial charge in [0.05, 0.1) is 4.92 Å². The van der Waals surface area contributed by atoms with E-state index >= 15 is 0 Å². The van der Waals surface area contributed by atoms with E-state index in [4.69, 9.17) is 11.6 Å². The van der Waals surface area contributed by atoms with Gasteiger partial charge in [-0.1, -0.05) is 31.4 Å². The van der Waals surface area contributed by atoms with E-state index in [1.54, 1.807) is 12.1 Å². The summed E-state index contributed by atoms with van der Waals surface area (Å²) < 4.78 is 0. The molecule has 0 aliphatic heterocycles. The predicted molar refractivity (Wildman–Crippen MR) is 73.1 cm³/mol. The fourth-order valence-electron chi connectivity index (χ4n) is 2.08. The summed E-state index contributed by atoms with van der Waals surface area (Å²) in [5.41, 5.74) is 0.619. The molecule has 0 aromatic heterocycles. The zero-order chi connectivity index (χ0) is 13.1. The van der Waals surface area contributed by atoms with E-state index in [-0.39, 0.29) is 5.69 Å². The Bertz CT molecular complexity index is 447. The van der Waals surface area contributed by atoms with Crippen molar-refractivity contribution in [1.29, 1.82) is 0 Å². The van der Waals surface area contributed by atoms with E-state index in [0.29, 0.717) is 16.8 Å². The molecule has 0 amide bonds. The van der Waals surface area contributed by atoms with Crippen LogP contribution in [0.1, 0.15) is 32.6 Å². The Labute approximate surface area is 111 Å². The topological polar surface area (TPSA) is 55.2 Å². The van der Waals surface area contributed by atoms with Gasteiger partial charge in [-0.2, -0.15) is 0 Å². The molecule has 1 aliphatic rings. The van der Waals surface area contributed by atoms with Crippen LogP contribution in [0.5, 0.6) is 0 Å². The minimum atomic E-state index is -0.391. The van der Waals surface area contributed by atoms with Crippen molar-refractivity contribution in [2.75, 3.05) is 5.32 Å². The van der Waals surface area contributed by atoms with Crippen LogP contribution in [-0.2, 0) is 0 Å². The van der Waals surface area contributed by atoms with Crippen molar-refractivity contribution in [3.63, 3.8) is 0 Å². The third-order valence-electron chi connectivity index (χ3n) is 3.32. The molecule has 0 radical (unpaired) electrons. The largest absolute Gasteiger partial charge is 0.377 e. The Kier molecular flexibility index (Phi) is 4.07. The molecule has 1 aliphatic carbocycles. The number of hydrogen-bond donors (Lipinski definition) is 1. The van der Waals surface area contributed by atoms with Gasteiger partial charge in [-0.05, 0) is 30.9 Å². The molecule has 2 rings (SSSR count). The Morgan fingerprint density at radius 3 is 2.83 bits per heavy atom. The number of halogens is 1. The highest BCUT2D eigenvalue weighted by molar-refractivity contribution is 6.30. The first-order valence-electron chi connectivity index (χ1n) is 6.30. The van der Waals surface area contributed by atoms with Gasteiger partial charge in [-0.25, -0.2) is 0 Å². The van der Waals surface area contributed by atoms with Gasteiger partial charge in [0.2, 0.25) is 0 Å². The molecule has 1 aromatic carbocycles. The highest BCUT2D eigenvalue weighted by Crippen LogP contribution is 2.36. The van der Waals surface area contributed by atoms with Crippen molar-refractivity contribution in [2.45, 2.75) is 38.6 Å². The third-order valence-corrected chi connectivity index (χ3v) is 3.56. The zero-order valence-corrected chi connectivity index (χ0v) is 11.1. The van der Waals surface area contributed by atoms with Gasteiger partial charge in [0.15, 0.2) is 0 Å². The summed E-state index contributed by atoms with van der Waals surface area (Å²) >= 11 is 5.79. The summed E-state index contributed by atoms with van der Waals surface area (Å²) in [6.07, 6.45) is 4.65. The van der Waals surface area contributed by atoms with Gasteiger partial charge in [-0.3, -0.25) is 10.1 Å². The smallest absolute Gasteiger partial charge is 0.293 e. The summed E-state index contributed by atoms with van der Waals surface area (Å²) in [6.45, 7) is 2.10. The number of nitrogens with one attached hydrogen (secondary N) is 1.